The standard InChI is InChI=1S/C22H18O6/c1-22(2)27-20-19-18(26-21(20)28-22)14-10(9-25-19)7-8-13-15(14)17(24)12-6-4-3-5-11(12)16(13)23/h3-8,18-21H,9H2,1-2H3/t18-,19+,20-,21-/m1/s1. The van der Waals surface area contributed by atoms with Gasteiger partial charge in [-0.3, -0.25) is 9.59 Å². The summed E-state index contributed by atoms with van der Waals surface area (Å²) in [5.41, 5.74) is 3.33. The van der Waals surface area contributed by atoms with Gasteiger partial charge in [0.05, 0.1) is 6.61 Å². The van der Waals surface area contributed by atoms with Crippen LogP contribution in [0.25, 0.3) is 0 Å². The minimum absolute atomic E-state index is 0.136. The number of carbonyl (C=O) groups is 2. The summed E-state index contributed by atoms with van der Waals surface area (Å²) in [5, 5.41) is 0. The molecule has 0 amide bonds. The fourth-order valence-corrected chi connectivity index (χ4v) is 4.79. The molecular weight excluding hydrogens is 360 g/mol. The second-order valence-corrected chi connectivity index (χ2v) is 8.07. The zero-order chi connectivity index (χ0) is 19.2. The Balaban J connectivity index is 1.51. The van der Waals surface area contributed by atoms with E-state index in [0.29, 0.717) is 28.9 Å². The lowest BCUT2D eigenvalue weighted by Gasteiger charge is -2.33. The fraction of sp³-hybridized carbons (Fsp3) is 0.364. The van der Waals surface area contributed by atoms with E-state index in [4.69, 9.17) is 18.9 Å². The molecule has 0 aromatic heterocycles. The number of fused-ring (bicyclic) bond motifs is 8. The van der Waals surface area contributed by atoms with Crippen LogP contribution >= 0.6 is 0 Å². The summed E-state index contributed by atoms with van der Waals surface area (Å²) < 4.78 is 24.0. The van der Waals surface area contributed by atoms with Gasteiger partial charge in [0.15, 0.2) is 23.6 Å². The monoisotopic (exact) mass is 378 g/mol. The van der Waals surface area contributed by atoms with Crippen molar-refractivity contribution in [2.45, 2.75) is 50.8 Å². The van der Waals surface area contributed by atoms with Gasteiger partial charge in [0, 0.05) is 27.8 Å². The molecule has 2 fully saturated rings. The van der Waals surface area contributed by atoms with Crippen LogP contribution in [-0.2, 0) is 25.6 Å². The molecule has 4 atom stereocenters. The van der Waals surface area contributed by atoms with Gasteiger partial charge in [-0.05, 0) is 25.5 Å². The van der Waals surface area contributed by atoms with E-state index in [-0.39, 0.29) is 23.8 Å². The molecule has 0 saturated carbocycles. The molecule has 3 heterocycles. The van der Waals surface area contributed by atoms with E-state index in [1.807, 2.05) is 19.9 Å². The summed E-state index contributed by atoms with van der Waals surface area (Å²) >= 11 is 0. The summed E-state index contributed by atoms with van der Waals surface area (Å²) in [4.78, 5) is 26.4. The smallest absolute Gasteiger partial charge is 0.194 e. The summed E-state index contributed by atoms with van der Waals surface area (Å²) in [5.74, 6) is -1.03. The first-order valence-corrected chi connectivity index (χ1v) is 9.41. The van der Waals surface area contributed by atoms with E-state index >= 15 is 0 Å². The topological polar surface area (TPSA) is 71.1 Å². The number of rotatable bonds is 0. The van der Waals surface area contributed by atoms with Crippen molar-refractivity contribution in [2.24, 2.45) is 0 Å². The Hall–Kier alpha value is -2.38. The van der Waals surface area contributed by atoms with Crippen LogP contribution in [0.1, 0.15) is 62.9 Å². The maximum Gasteiger partial charge on any atom is 0.194 e. The van der Waals surface area contributed by atoms with Crippen LogP contribution < -0.4 is 0 Å². The fourth-order valence-electron chi connectivity index (χ4n) is 4.79. The molecule has 6 rings (SSSR count). The average Bonchev–Trinajstić information content (AvgIpc) is 3.16. The van der Waals surface area contributed by atoms with Crippen molar-refractivity contribution in [1.29, 1.82) is 0 Å². The number of carbonyl (C=O) groups excluding carboxylic acids is 2. The lowest BCUT2D eigenvalue weighted by molar-refractivity contribution is -0.223. The second-order valence-electron chi connectivity index (χ2n) is 8.07. The first-order chi connectivity index (χ1) is 13.4. The van der Waals surface area contributed by atoms with E-state index in [1.165, 1.54) is 0 Å². The molecule has 4 aliphatic rings. The van der Waals surface area contributed by atoms with E-state index in [0.717, 1.165) is 11.1 Å². The molecule has 0 unspecified atom stereocenters. The molecule has 6 nitrogen and oxygen atoms in total. The van der Waals surface area contributed by atoms with Gasteiger partial charge in [0.2, 0.25) is 0 Å². The number of ketones is 2. The van der Waals surface area contributed by atoms with E-state index in [1.54, 1.807) is 30.3 Å². The molecular formula is C22H18O6. The highest BCUT2D eigenvalue weighted by Gasteiger charge is 2.58. The summed E-state index contributed by atoms with van der Waals surface area (Å²) in [6.07, 6.45) is -1.82. The zero-order valence-electron chi connectivity index (χ0n) is 15.4. The second kappa shape index (κ2) is 5.36. The summed E-state index contributed by atoms with van der Waals surface area (Å²) in [6.45, 7) is 4.01. The van der Waals surface area contributed by atoms with Crippen molar-refractivity contribution in [1.82, 2.24) is 0 Å². The molecule has 0 N–H and O–H groups in total. The maximum atomic E-state index is 13.4. The third-order valence-corrected chi connectivity index (χ3v) is 5.93. The molecule has 1 aliphatic carbocycles. The zero-order valence-corrected chi connectivity index (χ0v) is 15.4. The molecule has 6 heteroatoms. The quantitative estimate of drug-likeness (QED) is 0.599. The third-order valence-electron chi connectivity index (χ3n) is 5.93. The Labute approximate surface area is 161 Å². The van der Waals surface area contributed by atoms with Crippen LogP contribution in [0.5, 0.6) is 0 Å². The molecule has 2 aromatic carbocycles. The Kier molecular flexibility index (Phi) is 3.17. The van der Waals surface area contributed by atoms with Crippen LogP contribution in [0.3, 0.4) is 0 Å². The predicted octanol–water partition coefficient (Wildman–Crippen LogP) is 2.91. The largest absolute Gasteiger partial charge is 0.368 e. The molecule has 0 radical (unpaired) electrons. The van der Waals surface area contributed by atoms with E-state index in [9.17, 15) is 9.59 Å². The number of benzene rings is 2. The van der Waals surface area contributed by atoms with Gasteiger partial charge < -0.3 is 18.9 Å². The van der Waals surface area contributed by atoms with Crippen LogP contribution in [-0.4, -0.2) is 35.9 Å². The minimum atomic E-state index is -0.745. The van der Waals surface area contributed by atoms with Crippen molar-refractivity contribution in [3.63, 3.8) is 0 Å². The van der Waals surface area contributed by atoms with Crippen LogP contribution in [0.15, 0.2) is 36.4 Å². The van der Waals surface area contributed by atoms with Crippen molar-refractivity contribution < 1.29 is 28.5 Å². The molecule has 28 heavy (non-hydrogen) atoms. The Morgan fingerprint density at radius 2 is 1.64 bits per heavy atom. The highest BCUT2D eigenvalue weighted by molar-refractivity contribution is 6.29. The van der Waals surface area contributed by atoms with Crippen LogP contribution in [0.4, 0.5) is 0 Å². The molecule has 142 valence electrons. The average molecular weight is 378 g/mol. The Morgan fingerprint density at radius 3 is 2.43 bits per heavy atom. The molecule has 0 bridgehead atoms. The Morgan fingerprint density at radius 1 is 0.893 bits per heavy atom. The third kappa shape index (κ3) is 2.06. The number of hydrogen-bond acceptors (Lipinski definition) is 6. The van der Waals surface area contributed by atoms with Gasteiger partial charge in [-0.25, -0.2) is 0 Å². The van der Waals surface area contributed by atoms with Crippen molar-refractivity contribution in [3.05, 3.63) is 69.8 Å². The first kappa shape index (κ1) is 16.6. The van der Waals surface area contributed by atoms with E-state index < -0.39 is 18.2 Å². The Bertz CT molecular complexity index is 1050. The minimum Gasteiger partial charge on any atom is -0.368 e. The lowest BCUT2D eigenvalue weighted by Crippen LogP contribution is -2.37. The van der Waals surface area contributed by atoms with Crippen LogP contribution in [0, 0.1) is 0 Å². The van der Waals surface area contributed by atoms with Crippen LogP contribution in [0.2, 0.25) is 0 Å². The van der Waals surface area contributed by atoms with Gasteiger partial charge in [0.25, 0.3) is 0 Å². The highest BCUT2D eigenvalue weighted by Crippen LogP contribution is 2.49. The highest BCUT2D eigenvalue weighted by atomic mass is 16.8. The maximum absolute atomic E-state index is 13.4. The van der Waals surface area contributed by atoms with Gasteiger partial charge in [0.1, 0.15) is 18.3 Å². The number of ether oxygens (including phenoxy) is 4. The molecule has 2 aromatic rings. The van der Waals surface area contributed by atoms with Gasteiger partial charge >= 0.3 is 0 Å². The lowest BCUT2D eigenvalue weighted by atomic mass is 9.78. The normalized spacial score (nSPS) is 31.6. The first-order valence-electron chi connectivity index (χ1n) is 9.41. The van der Waals surface area contributed by atoms with E-state index in [2.05, 4.69) is 0 Å². The van der Waals surface area contributed by atoms with Crippen molar-refractivity contribution in [2.75, 3.05) is 0 Å². The SMILES string of the molecule is CC1(C)O[C@H]2O[C@@H]3c4c(ccc5c4C(=O)c4ccccc4C5=O)CO[C@@H]3[C@H]2O1. The van der Waals surface area contributed by atoms with Crippen molar-refractivity contribution >= 4 is 11.6 Å². The predicted molar refractivity (Wildman–Crippen MR) is 96.0 cm³/mol. The summed E-state index contributed by atoms with van der Waals surface area (Å²) in [6, 6.07) is 10.5. The molecule has 0 spiro atoms. The number of hydrogen-bond donors (Lipinski definition) is 0. The molecule has 3 aliphatic heterocycles. The van der Waals surface area contributed by atoms with Crippen molar-refractivity contribution in [3.8, 4) is 0 Å². The molecule has 2 saturated heterocycles. The van der Waals surface area contributed by atoms with Gasteiger partial charge in [-0.2, -0.15) is 0 Å². The van der Waals surface area contributed by atoms with Gasteiger partial charge in [-0.15, -0.1) is 0 Å². The summed E-state index contributed by atoms with van der Waals surface area (Å²) in [7, 11) is 0. The van der Waals surface area contributed by atoms with Gasteiger partial charge in [-0.1, -0.05) is 30.3 Å².